The van der Waals surface area contributed by atoms with Gasteiger partial charge in [-0.2, -0.15) is 0 Å². The topological polar surface area (TPSA) is 109 Å². The number of carbonyl (C=O) groups is 3. The zero-order valence-electron chi connectivity index (χ0n) is 15.0. The van der Waals surface area contributed by atoms with E-state index >= 15 is 0 Å². The summed E-state index contributed by atoms with van der Waals surface area (Å²) in [5.41, 5.74) is 0.933. The highest BCUT2D eigenvalue weighted by atomic mass is 16.4. The van der Waals surface area contributed by atoms with E-state index in [1.165, 1.54) is 22.8 Å². The van der Waals surface area contributed by atoms with Gasteiger partial charge in [-0.05, 0) is 25.0 Å². The van der Waals surface area contributed by atoms with Gasteiger partial charge in [-0.1, -0.05) is 23.4 Å². The van der Waals surface area contributed by atoms with Crippen molar-refractivity contribution in [2.45, 2.75) is 12.8 Å². The second kappa shape index (κ2) is 7.98. The standard InChI is InChI=1S/C18H21N5O4/c1-21(12-16(24)22-9-7-13(8-10-22)18(26)27)17(25)15-11-23(20-19-15)14-5-3-2-4-6-14/h2-6,11,13H,7-10,12H2,1H3,(H,26,27). The summed E-state index contributed by atoms with van der Waals surface area (Å²) >= 11 is 0. The van der Waals surface area contributed by atoms with E-state index in [1.54, 1.807) is 4.90 Å². The fourth-order valence-corrected chi connectivity index (χ4v) is 3.01. The van der Waals surface area contributed by atoms with Crippen molar-refractivity contribution in [2.75, 3.05) is 26.7 Å². The van der Waals surface area contributed by atoms with Crippen LogP contribution in [0, 0.1) is 5.92 Å². The summed E-state index contributed by atoms with van der Waals surface area (Å²) in [6, 6.07) is 9.28. The second-order valence-corrected chi connectivity index (χ2v) is 6.54. The van der Waals surface area contributed by atoms with Crippen LogP contribution >= 0.6 is 0 Å². The first-order chi connectivity index (χ1) is 13.0. The van der Waals surface area contributed by atoms with Crippen LogP contribution in [0.15, 0.2) is 36.5 Å². The Kier molecular flexibility index (Phi) is 5.49. The fourth-order valence-electron chi connectivity index (χ4n) is 3.01. The molecule has 2 amide bonds. The molecule has 0 unspecified atom stereocenters. The van der Waals surface area contributed by atoms with Crippen molar-refractivity contribution < 1.29 is 19.5 Å². The van der Waals surface area contributed by atoms with Crippen LogP contribution in [-0.4, -0.2) is 74.4 Å². The number of aliphatic carboxylic acids is 1. The first kappa shape index (κ1) is 18.6. The van der Waals surface area contributed by atoms with E-state index < -0.39 is 17.8 Å². The number of carboxylic acid groups (broad SMARTS) is 1. The Morgan fingerprint density at radius 3 is 2.48 bits per heavy atom. The van der Waals surface area contributed by atoms with E-state index in [-0.39, 0.29) is 18.1 Å². The van der Waals surface area contributed by atoms with Gasteiger partial charge in [0, 0.05) is 20.1 Å². The lowest BCUT2D eigenvalue weighted by atomic mass is 9.97. The molecule has 3 rings (SSSR count). The van der Waals surface area contributed by atoms with Gasteiger partial charge in [-0.25, -0.2) is 4.68 Å². The molecule has 27 heavy (non-hydrogen) atoms. The predicted octanol–water partition coefficient (Wildman–Crippen LogP) is 0.662. The molecule has 9 nitrogen and oxygen atoms in total. The Hall–Kier alpha value is -3.23. The third kappa shape index (κ3) is 4.30. The number of likely N-dealkylation sites (tertiary alicyclic amines) is 1. The first-order valence-electron chi connectivity index (χ1n) is 8.69. The summed E-state index contributed by atoms with van der Waals surface area (Å²) in [5.74, 6) is -1.83. The number of carboxylic acids is 1. The molecule has 0 aliphatic carbocycles. The van der Waals surface area contributed by atoms with Crippen molar-refractivity contribution in [1.82, 2.24) is 24.8 Å². The van der Waals surface area contributed by atoms with E-state index in [4.69, 9.17) is 5.11 Å². The van der Waals surface area contributed by atoms with Crippen LogP contribution in [0.4, 0.5) is 0 Å². The molecule has 1 aromatic heterocycles. The SMILES string of the molecule is CN(CC(=O)N1CCC(C(=O)O)CC1)C(=O)c1cn(-c2ccccc2)nn1. The van der Waals surface area contributed by atoms with Gasteiger partial charge in [0.25, 0.3) is 5.91 Å². The number of hydrogen-bond donors (Lipinski definition) is 1. The number of para-hydroxylation sites is 1. The number of aromatic nitrogens is 3. The predicted molar refractivity (Wildman–Crippen MR) is 95.3 cm³/mol. The van der Waals surface area contributed by atoms with Crippen molar-refractivity contribution in [2.24, 2.45) is 5.92 Å². The quantitative estimate of drug-likeness (QED) is 0.827. The molecule has 9 heteroatoms. The van der Waals surface area contributed by atoms with Gasteiger partial charge in [0.15, 0.2) is 5.69 Å². The lowest BCUT2D eigenvalue weighted by molar-refractivity contribution is -0.145. The maximum absolute atomic E-state index is 12.5. The minimum atomic E-state index is -0.823. The Labute approximate surface area is 156 Å². The van der Waals surface area contributed by atoms with Crippen LogP contribution in [0.25, 0.3) is 5.69 Å². The number of rotatable bonds is 5. The van der Waals surface area contributed by atoms with Gasteiger partial charge in [0.05, 0.1) is 24.3 Å². The fraction of sp³-hybridized carbons (Fsp3) is 0.389. The van der Waals surface area contributed by atoms with Crippen LogP contribution in [0.2, 0.25) is 0 Å². The number of hydrogen-bond acceptors (Lipinski definition) is 5. The van der Waals surface area contributed by atoms with Crippen molar-refractivity contribution >= 4 is 17.8 Å². The summed E-state index contributed by atoms with van der Waals surface area (Å²) < 4.78 is 1.50. The van der Waals surface area contributed by atoms with E-state index in [0.717, 1.165) is 5.69 Å². The molecule has 142 valence electrons. The summed E-state index contributed by atoms with van der Waals surface area (Å²) in [6.45, 7) is 0.693. The van der Waals surface area contributed by atoms with Crippen molar-refractivity contribution in [1.29, 1.82) is 0 Å². The Balaban J connectivity index is 1.57. The second-order valence-electron chi connectivity index (χ2n) is 6.54. The van der Waals surface area contributed by atoms with Crippen LogP contribution in [0.3, 0.4) is 0 Å². The largest absolute Gasteiger partial charge is 0.481 e. The molecule has 1 saturated heterocycles. The molecule has 2 aromatic rings. The number of benzene rings is 1. The van der Waals surface area contributed by atoms with Gasteiger partial charge >= 0.3 is 5.97 Å². The third-order valence-corrected chi connectivity index (χ3v) is 4.65. The molecule has 2 heterocycles. The zero-order valence-corrected chi connectivity index (χ0v) is 15.0. The van der Waals surface area contributed by atoms with E-state index in [1.807, 2.05) is 30.3 Å². The lowest BCUT2D eigenvalue weighted by Gasteiger charge is -2.31. The highest BCUT2D eigenvalue weighted by Gasteiger charge is 2.28. The number of likely N-dealkylation sites (N-methyl/N-ethyl adjacent to an activating group) is 1. The monoisotopic (exact) mass is 371 g/mol. The summed E-state index contributed by atoms with van der Waals surface area (Å²) in [6.07, 6.45) is 2.39. The van der Waals surface area contributed by atoms with E-state index in [9.17, 15) is 14.4 Å². The number of amides is 2. The third-order valence-electron chi connectivity index (χ3n) is 4.65. The molecule has 0 bridgehead atoms. The molecule has 1 fully saturated rings. The van der Waals surface area contributed by atoms with E-state index in [0.29, 0.717) is 25.9 Å². The lowest BCUT2D eigenvalue weighted by Crippen LogP contribution is -2.45. The van der Waals surface area contributed by atoms with Crippen LogP contribution in [0.5, 0.6) is 0 Å². The maximum Gasteiger partial charge on any atom is 0.306 e. The van der Waals surface area contributed by atoms with Crippen LogP contribution < -0.4 is 0 Å². The molecule has 0 saturated carbocycles. The first-order valence-corrected chi connectivity index (χ1v) is 8.69. The Morgan fingerprint density at radius 1 is 1.19 bits per heavy atom. The minimum absolute atomic E-state index is 0.0885. The van der Waals surface area contributed by atoms with Gasteiger partial charge < -0.3 is 14.9 Å². The molecule has 1 aliphatic heterocycles. The highest BCUT2D eigenvalue weighted by Crippen LogP contribution is 2.17. The van der Waals surface area contributed by atoms with Crippen LogP contribution in [0.1, 0.15) is 23.3 Å². The Morgan fingerprint density at radius 2 is 1.85 bits per heavy atom. The maximum atomic E-state index is 12.5. The number of piperidine rings is 1. The molecule has 0 spiro atoms. The molecule has 0 atom stereocenters. The molecular formula is C18H21N5O4. The normalized spacial score (nSPS) is 14.8. The smallest absolute Gasteiger partial charge is 0.306 e. The zero-order chi connectivity index (χ0) is 19.4. The number of carbonyl (C=O) groups excluding carboxylic acids is 2. The van der Waals surface area contributed by atoms with Gasteiger partial charge in [0.2, 0.25) is 5.91 Å². The molecular weight excluding hydrogens is 350 g/mol. The van der Waals surface area contributed by atoms with E-state index in [2.05, 4.69) is 10.3 Å². The van der Waals surface area contributed by atoms with Gasteiger partial charge in [-0.3, -0.25) is 14.4 Å². The average molecular weight is 371 g/mol. The van der Waals surface area contributed by atoms with Gasteiger partial charge in [-0.15, -0.1) is 5.10 Å². The van der Waals surface area contributed by atoms with Crippen molar-refractivity contribution in [3.8, 4) is 5.69 Å². The molecule has 0 radical (unpaired) electrons. The number of nitrogens with zero attached hydrogens (tertiary/aromatic N) is 5. The van der Waals surface area contributed by atoms with Crippen molar-refractivity contribution in [3.05, 3.63) is 42.2 Å². The summed E-state index contributed by atoms with van der Waals surface area (Å²) in [4.78, 5) is 38.8. The molecule has 1 aromatic carbocycles. The summed E-state index contributed by atoms with van der Waals surface area (Å²) in [7, 11) is 1.53. The van der Waals surface area contributed by atoms with Crippen LogP contribution in [-0.2, 0) is 9.59 Å². The Bertz CT molecular complexity index is 827. The minimum Gasteiger partial charge on any atom is -0.481 e. The molecule has 1 aliphatic rings. The highest BCUT2D eigenvalue weighted by molar-refractivity contribution is 5.94. The summed E-state index contributed by atoms with van der Waals surface area (Å²) in [5, 5.41) is 16.9. The van der Waals surface area contributed by atoms with Crippen molar-refractivity contribution in [3.63, 3.8) is 0 Å². The average Bonchev–Trinajstić information content (AvgIpc) is 3.18. The van der Waals surface area contributed by atoms with Gasteiger partial charge in [0.1, 0.15) is 0 Å². The molecule has 1 N–H and O–H groups in total.